The first-order valence-corrected chi connectivity index (χ1v) is 5.52. The lowest BCUT2D eigenvalue weighted by Crippen LogP contribution is -2.18. The first kappa shape index (κ1) is 12.0. The quantitative estimate of drug-likeness (QED) is 0.891. The van der Waals surface area contributed by atoms with Crippen LogP contribution in [0.5, 0.6) is 0 Å². The van der Waals surface area contributed by atoms with Crippen LogP contribution in [0.3, 0.4) is 0 Å². The number of benzene rings is 1. The van der Waals surface area contributed by atoms with Crippen LogP contribution in [0.15, 0.2) is 22.7 Å². The van der Waals surface area contributed by atoms with Gasteiger partial charge in [0.15, 0.2) is 0 Å². The Hall–Kier alpha value is -1.03. The fourth-order valence-electron chi connectivity index (χ4n) is 1.08. The molecule has 82 valence electrons. The number of ether oxygens (including phenoxy) is 1. The highest BCUT2D eigenvalue weighted by molar-refractivity contribution is 9.10. The molecular weight excluding hydrogens is 258 g/mol. The topological polar surface area (TPSA) is 38.3 Å². The van der Waals surface area contributed by atoms with Crippen LogP contribution in [0.1, 0.15) is 19.4 Å². The number of anilines is 1. The highest BCUT2D eigenvalue weighted by Gasteiger charge is 2.07. The van der Waals surface area contributed by atoms with Gasteiger partial charge in [0, 0.05) is 10.2 Å². The zero-order valence-electron chi connectivity index (χ0n) is 9.00. The lowest BCUT2D eigenvalue weighted by atomic mass is 10.2. The SMILES string of the molecule is Cc1ccc(Br)cc1NC(=O)OC(C)C. The van der Waals surface area contributed by atoms with Crippen molar-refractivity contribution in [1.82, 2.24) is 0 Å². The van der Waals surface area contributed by atoms with Crippen LogP contribution >= 0.6 is 15.9 Å². The van der Waals surface area contributed by atoms with E-state index in [0.717, 1.165) is 15.7 Å². The molecule has 0 fully saturated rings. The number of aryl methyl sites for hydroxylation is 1. The zero-order valence-corrected chi connectivity index (χ0v) is 10.6. The third-order valence-corrected chi connectivity index (χ3v) is 2.27. The van der Waals surface area contributed by atoms with Gasteiger partial charge in [0.1, 0.15) is 0 Å². The molecule has 0 atom stereocenters. The first-order valence-electron chi connectivity index (χ1n) is 4.73. The second-order valence-electron chi connectivity index (χ2n) is 3.54. The number of carbonyl (C=O) groups excluding carboxylic acids is 1. The molecule has 0 saturated heterocycles. The van der Waals surface area contributed by atoms with Gasteiger partial charge in [-0.25, -0.2) is 4.79 Å². The fourth-order valence-corrected chi connectivity index (χ4v) is 1.44. The average molecular weight is 272 g/mol. The van der Waals surface area contributed by atoms with Crippen LogP contribution < -0.4 is 5.32 Å². The van der Waals surface area contributed by atoms with Crippen LogP contribution in [0.4, 0.5) is 10.5 Å². The van der Waals surface area contributed by atoms with E-state index in [-0.39, 0.29) is 6.10 Å². The van der Waals surface area contributed by atoms with Gasteiger partial charge in [0.25, 0.3) is 0 Å². The van der Waals surface area contributed by atoms with Gasteiger partial charge in [-0.1, -0.05) is 22.0 Å². The third kappa shape index (κ3) is 3.91. The molecule has 0 radical (unpaired) electrons. The smallest absolute Gasteiger partial charge is 0.411 e. The van der Waals surface area contributed by atoms with Gasteiger partial charge in [0.2, 0.25) is 0 Å². The maximum atomic E-state index is 11.3. The second kappa shape index (κ2) is 5.16. The summed E-state index contributed by atoms with van der Waals surface area (Å²) >= 11 is 3.34. The molecule has 0 saturated carbocycles. The molecular formula is C11H14BrNO2. The minimum atomic E-state index is -0.425. The lowest BCUT2D eigenvalue weighted by molar-refractivity contribution is 0.130. The summed E-state index contributed by atoms with van der Waals surface area (Å²) in [5.74, 6) is 0. The monoisotopic (exact) mass is 271 g/mol. The van der Waals surface area contributed by atoms with E-state index in [4.69, 9.17) is 4.74 Å². The molecule has 0 aliphatic heterocycles. The largest absolute Gasteiger partial charge is 0.447 e. The maximum Gasteiger partial charge on any atom is 0.411 e. The Balaban J connectivity index is 2.71. The van der Waals surface area contributed by atoms with Crippen LogP contribution in [-0.4, -0.2) is 12.2 Å². The standard InChI is InChI=1S/C11H14BrNO2/c1-7(2)15-11(14)13-10-6-9(12)5-4-8(10)3/h4-7H,1-3H3,(H,13,14). The molecule has 3 nitrogen and oxygen atoms in total. The number of nitrogens with one attached hydrogen (secondary N) is 1. The fraction of sp³-hybridized carbons (Fsp3) is 0.364. The van der Waals surface area contributed by atoms with Gasteiger partial charge in [-0.2, -0.15) is 0 Å². The van der Waals surface area contributed by atoms with E-state index in [2.05, 4.69) is 21.2 Å². The van der Waals surface area contributed by atoms with Gasteiger partial charge in [-0.05, 0) is 38.5 Å². The summed E-state index contributed by atoms with van der Waals surface area (Å²) in [5.41, 5.74) is 1.76. The van der Waals surface area contributed by atoms with Gasteiger partial charge in [-0.3, -0.25) is 5.32 Å². The number of hydrogen-bond donors (Lipinski definition) is 1. The Labute approximate surface area is 97.9 Å². The molecule has 1 amide bonds. The highest BCUT2D eigenvalue weighted by atomic mass is 79.9. The molecule has 0 unspecified atom stereocenters. The number of amides is 1. The summed E-state index contributed by atoms with van der Waals surface area (Å²) in [5, 5.41) is 2.69. The third-order valence-electron chi connectivity index (χ3n) is 1.78. The van der Waals surface area contributed by atoms with E-state index in [1.54, 1.807) is 0 Å². The van der Waals surface area contributed by atoms with Crippen molar-refractivity contribution < 1.29 is 9.53 Å². The molecule has 0 heterocycles. The Morgan fingerprint density at radius 2 is 2.13 bits per heavy atom. The summed E-state index contributed by atoms with van der Waals surface area (Å²) in [4.78, 5) is 11.3. The van der Waals surface area contributed by atoms with Crippen LogP contribution in [-0.2, 0) is 4.74 Å². The van der Waals surface area contributed by atoms with Crippen molar-refractivity contribution in [2.75, 3.05) is 5.32 Å². The molecule has 0 aliphatic rings. The predicted octanol–water partition coefficient (Wildman–Crippen LogP) is 3.71. The van der Waals surface area contributed by atoms with Gasteiger partial charge in [-0.15, -0.1) is 0 Å². The molecule has 0 aliphatic carbocycles. The minimum absolute atomic E-state index is 0.113. The van der Waals surface area contributed by atoms with E-state index < -0.39 is 6.09 Å². The van der Waals surface area contributed by atoms with Crippen molar-refractivity contribution in [3.63, 3.8) is 0 Å². The first-order chi connectivity index (χ1) is 6.99. The molecule has 0 bridgehead atoms. The van der Waals surface area contributed by atoms with Gasteiger partial charge < -0.3 is 4.74 Å². The lowest BCUT2D eigenvalue weighted by Gasteiger charge is -2.11. The number of halogens is 1. The Kier molecular flexibility index (Phi) is 4.15. The normalized spacial score (nSPS) is 10.2. The molecule has 15 heavy (non-hydrogen) atoms. The second-order valence-corrected chi connectivity index (χ2v) is 4.45. The van der Waals surface area contributed by atoms with Crippen molar-refractivity contribution in [3.05, 3.63) is 28.2 Å². The van der Waals surface area contributed by atoms with Crippen LogP contribution in [0.2, 0.25) is 0 Å². The number of rotatable bonds is 2. The highest BCUT2D eigenvalue weighted by Crippen LogP contribution is 2.20. The Morgan fingerprint density at radius 1 is 1.47 bits per heavy atom. The van der Waals surface area contributed by atoms with Gasteiger partial charge >= 0.3 is 6.09 Å². The van der Waals surface area contributed by atoms with Crippen molar-refractivity contribution in [2.45, 2.75) is 26.9 Å². The summed E-state index contributed by atoms with van der Waals surface area (Å²) in [6.07, 6.45) is -0.538. The van der Waals surface area contributed by atoms with Crippen molar-refractivity contribution in [1.29, 1.82) is 0 Å². The van der Waals surface area contributed by atoms with E-state index in [0.29, 0.717) is 0 Å². The predicted molar refractivity (Wildman–Crippen MR) is 64.1 cm³/mol. The molecule has 0 spiro atoms. The Morgan fingerprint density at radius 3 is 2.73 bits per heavy atom. The van der Waals surface area contributed by atoms with Crippen molar-refractivity contribution >= 4 is 27.7 Å². The summed E-state index contributed by atoms with van der Waals surface area (Å²) in [7, 11) is 0. The van der Waals surface area contributed by atoms with E-state index in [9.17, 15) is 4.79 Å². The number of hydrogen-bond acceptors (Lipinski definition) is 2. The number of carbonyl (C=O) groups is 1. The minimum Gasteiger partial charge on any atom is -0.447 e. The summed E-state index contributed by atoms with van der Waals surface area (Å²) in [6.45, 7) is 5.55. The molecule has 1 N–H and O–H groups in total. The molecule has 1 aromatic rings. The van der Waals surface area contributed by atoms with Crippen LogP contribution in [0, 0.1) is 6.92 Å². The van der Waals surface area contributed by atoms with E-state index in [1.165, 1.54) is 0 Å². The summed E-state index contributed by atoms with van der Waals surface area (Å²) in [6, 6.07) is 5.69. The zero-order chi connectivity index (χ0) is 11.4. The Bertz CT molecular complexity index is 364. The van der Waals surface area contributed by atoms with E-state index in [1.807, 2.05) is 39.0 Å². The summed E-state index contributed by atoms with van der Waals surface area (Å²) < 4.78 is 5.91. The van der Waals surface area contributed by atoms with Crippen LogP contribution in [0.25, 0.3) is 0 Å². The molecule has 1 aromatic carbocycles. The molecule has 1 rings (SSSR count). The molecule has 4 heteroatoms. The maximum absolute atomic E-state index is 11.3. The van der Waals surface area contributed by atoms with Crippen molar-refractivity contribution in [3.8, 4) is 0 Å². The average Bonchev–Trinajstić information content (AvgIpc) is 2.10. The van der Waals surface area contributed by atoms with Crippen molar-refractivity contribution in [2.24, 2.45) is 0 Å². The molecule has 0 aromatic heterocycles. The van der Waals surface area contributed by atoms with Gasteiger partial charge in [0.05, 0.1) is 6.10 Å². The van der Waals surface area contributed by atoms with E-state index >= 15 is 0 Å².